The molecule has 1 aromatic rings. The van der Waals surface area contributed by atoms with E-state index in [1.165, 1.54) is 0 Å². The third kappa shape index (κ3) is 5.72. The predicted octanol–water partition coefficient (Wildman–Crippen LogP) is 3.94. The number of likely N-dealkylation sites (tertiary alicyclic amines) is 1. The molecule has 1 aliphatic heterocycles. The topological polar surface area (TPSA) is 73.6 Å². The van der Waals surface area contributed by atoms with Crippen molar-refractivity contribution in [2.24, 2.45) is 5.92 Å². The highest BCUT2D eigenvalue weighted by Gasteiger charge is 2.33. The molecular formula is C22H31N3O3. The molecule has 1 aliphatic rings. The number of benzene rings is 1. The maximum atomic E-state index is 13.2. The van der Waals surface area contributed by atoms with E-state index < -0.39 is 5.60 Å². The average molecular weight is 386 g/mol. The third-order valence-corrected chi connectivity index (χ3v) is 4.88. The Morgan fingerprint density at radius 1 is 1.25 bits per heavy atom. The maximum Gasteiger partial charge on any atom is 0.410 e. The van der Waals surface area contributed by atoms with E-state index in [1.54, 1.807) is 11.0 Å². The Bertz CT molecular complexity index is 738. The van der Waals surface area contributed by atoms with E-state index in [-0.39, 0.29) is 24.0 Å². The molecule has 1 aromatic carbocycles. The summed E-state index contributed by atoms with van der Waals surface area (Å²) < 4.78 is 5.42. The van der Waals surface area contributed by atoms with Crippen molar-refractivity contribution in [2.75, 3.05) is 13.1 Å². The van der Waals surface area contributed by atoms with E-state index in [0.29, 0.717) is 38.0 Å². The van der Waals surface area contributed by atoms with Crippen LogP contribution in [-0.2, 0) is 16.1 Å². The Kier molecular flexibility index (Phi) is 7.06. The summed E-state index contributed by atoms with van der Waals surface area (Å²) in [5.41, 5.74) is 0.936. The van der Waals surface area contributed by atoms with Crippen LogP contribution in [0.15, 0.2) is 24.3 Å². The van der Waals surface area contributed by atoms with Crippen LogP contribution in [0.1, 0.15) is 58.6 Å². The van der Waals surface area contributed by atoms with Crippen molar-refractivity contribution in [2.45, 2.75) is 65.6 Å². The molecule has 152 valence electrons. The van der Waals surface area contributed by atoms with E-state index in [1.807, 2.05) is 57.7 Å². The van der Waals surface area contributed by atoms with Crippen LogP contribution in [0.5, 0.6) is 0 Å². The van der Waals surface area contributed by atoms with Crippen molar-refractivity contribution < 1.29 is 14.3 Å². The highest BCUT2D eigenvalue weighted by Crippen LogP contribution is 2.24. The molecule has 28 heavy (non-hydrogen) atoms. The lowest BCUT2D eigenvalue weighted by Gasteiger charge is -2.36. The molecule has 0 radical (unpaired) electrons. The van der Waals surface area contributed by atoms with Crippen LogP contribution in [0, 0.1) is 17.2 Å². The van der Waals surface area contributed by atoms with Crippen LogP contribution in [0.25, 0.3) is 0 Å². The minimum atomic E-state index is -0.522. The monoisotopic (exact) mass is 385 g/mol. The maximum absolute atomic E-state index is 13.2. The summed E-state index contributed by atoms with van der Waals surface area (Å²) in [6.07, 6.45) is 0.935. The zero-order chi connectivity index (χ0) is 20.9. The van der Waals surface area contributed by atoms with Gasteiger partial charge in [0, 0.05) is 31.6 Å². The Morgan fingerprint density at radius 3 is 2.39 bits per heavy atom. The molecule has 0 spiro atoms. The molecule has 0 aromatic heterocycles. The van der Waals surface area contributed by atoms with E-state index >= 15 is 0 Å². The predicted molar refractivity (Wildman–Crippen MR) is 107 cm³/mol. The first-order chi connectivity index (χ1) is 13.1. The smallest absolute Gasteiger partial charge is 0.410 e. The second-order valence-electron chi connectivity index (χ2n) is 8.57. The van der Waals surface area contributed by atoms with E-state index in [9.17, 15) is 14.9 Å². The first-order valence-corrected chi connectivity index (χ1v) is 9.88. The molecular weight excluding hydrogens is 354 g/mol. The van der Waals surface area contributed by atoms with Crippen molar-refractivity contribution in [3.63, 3.8) is 0 Å². The summed E-state index contributed by atoms with van der Waals surface area (Å²) in [5, 5.41) is 9.32. The standard InChI is InChI=1S/C22H31N3O3/c1-16(2)25(15-19-9-7-6-8-18(19)14-23)20(26)17-10-12-24(13-11-17)21(27)28-22(3,4)5/h6-9,16-17H,10-13,15H2,1-5H3. The van der Waals surface area contributed by atoms with Gasteiger partial charge in [0.25, 0.3) is 0 Å². The summed E-state index contributed by atoms with van der Waals surface area (Å²) in [5.74, 6) is -0.0260. The van der Waals surface area contributed by atoms with Crippen LogP contribution in [0.2, 0.25) is 0 Å². The number of amides is 2. The molecule has 0 atom stereocenters. The van der Waals surface area contributed by atoms with Gasteiger partial charge in [-0.1, -0.05) is 18.2 Å². The van der Waals surface area contributed by atoms with Gasteiger partial charge in [0.1, 0.15) is 5.60 Å². The Labute approximate surface area is 168 Å². The van der Waals surface area contributed by atoms with Gasteiger partial charge in [-0.15, -0.1) is 0 Å². The van der Waals surface area contributed by atoms with Crippen LogP contribution in [0.4, 0.5) is 4.79 Å². The van der Waals surface area contributed by atoms with Crippen molar-refractivity contribution in [1.29, 1.82) is 5.26 Å². The lowest BCUT2D eigenvalue weighted by atomic mass is 9.94. The Hall–Kier alpha value is -2.55. The fraction of sp³-hybridized carbons (Fsp3) is 0.591. The zero-order valence-electron chi connectivity index (χ0n) is 17.6. The zero-order valence-corrected chi connectivity index (χ0v) is 17.6. The third-order valence-electron chi connectivity index (χ3n) is 4.88. The van der Waals surface area contributed by atoms with Gasteiger partial charge in [0.05, 0.1) is 11.6 Å². The summed E-state index contributed by atoms with van der Waals surface area (Å²) in [7, 11) is 0. The van der Waals surface area contributed by atoms with Crippen molar-refractivity contribution >= 4 is 12.0 Å². The largest absolute Gasteiger partial charge is 0.444 e. The molecule has 0 aliphatic carbocycles. The molecule has 0 bridgehead atoms. The molecule has 1 saturated heterocycles. The highest BCUT2D eigenvalue weighted by atomic mass is 16.6. The number of rotatable bonds is 4. The van der Waals surface area contributed by atoms with Gasteiger partial charge < -0.3 is 14.5 Å². The molecule has 0 unspecified atom stereocenters. The minimum Gasteiger partial charge on any atom is -0.444 e. The molecule has 2 rings (SSSR count). The molecule has 6 nitrogen and oxygen atoms in total. The minimum absolute atomic E-state index is 0.0307. The Balaban J connectivity index is 2.01. The molecule has 0 N–H and O–H groups in total. The first kappa shape index (κ1) is 21.7. The molecule has 1 heterocycles. The average Bonchev–Trinajstić information content (AvgIpc) is 2.64. The SMILES string of the molecule is CC(C)N(Cc1ccccc1C#N)C(=O)C1CCN(C(=O)OC(C)(C)C)CC1. The molecule has 2 amide bonds. The summed E-state index contributed by atoms with van der Waals surface area (Å²) in [4.78, 5) is 28.9. The van der Waals surface area contributed by atoms with Crippen LogP contribution in [-0.4, -0.2) is 46.5 Å². The van der Waals surface area contributed by atoms with E-state index in [0.717, 1.165) is 5.56 Å². The lowest BCUT2D eigenvalue weighted by Crippen LogP contribution is -2.47. The molecule has 1 fully saturated rings. The summed E-state index contributed by atoms with van der Waals surface area (Å²) >= 11 is 0. The number of nitrogens with zero attached hydrogens (tertiary/aromatic N) is 3. The van der Waals surface area contributed by atoms with Crippen molar-refractivity contribution in [3.05, 3.63) is 35.4 Å². The van der Waals surface area contributed by atoms with E-state index in [4.69, 9.17) is 4.74 Å². The van der Waals surface area contributed by atoms with Gasteiger partial charge in [0.15, 0.2) is 0 Å². The van der Waals surface area contributed by atoms with Gasteiger partial charge >= 0.3 is 6.09 Å². The molecule has 0 saturated carbocycles. The second-order valence-corrected chi connectivity index (χ2v) is 8.57. The second kappa shape index (κ2) is 9.09. The van der Waals surface area contributed by atoms with Gasteiger partial charge in [-0.3, -0.25) is 4.79 Å². The van der Waals surface area contributed by atoms with Crippen LogP contribution >= 0.6 is 0 Å². The number of carbonyl (C=O) groups excluding carboxylic acids is 2. The number of hydrogen-bond acceptors (Lipinski definition) is 4. The lowest BCUT2D eigenvalue weighted by molar-refractivity contribution is -0.139. The number of piperidine rings is 1. The fourth-order valence-electron chi connectivity index (χ4n) is 3.34. The van der Waals surface area contributed by atoms with Crippen molar-refractivity contribution in [1.82, 2.24) is 9.80 Å². The summed E-state index contributed by atoms with van der Waals surface area (Å²) in [6.45, 7) is 11.0. The van der Waals surface area contributed by atoms with Gasteiger partial charge in [-0.25, -0.2) is 4.79 Å². The normalized spacial score (nSPS) is 15.2. The van der Waals surface area contributed by atoms with Crippen molar-refractivity contribution in [3.8, 4) is 6.07 Å². The number of hydrogen-bond donors (Lipinski definition) is 0. The van der Waals surface area contributed by atoms with Gasteiger partial charge in [0.2, 0.25) is 5.91 Å². The number of carbonyl (C=O) groups is 2. The first-order valence-electron chi connectivity index (χ1n) is 9.88. The Morgan fingerprint density at radius 2 is 1.86 bits per heavy atom. The number of nitriles is 1. The quantitative estimate of drug-likeness (QED) is 0.787. The van der Waals surface area contributed by atoms with Crippen LogP contribution in [0.3, 0.4) is 0 Å². The summed E-state index contributed by atoms with van der Waals surface area (Å²) in [6, 6.07) is 9.62. The van der Waals surface area contributed by atoms with Gasteiger partial charge in [-0.05, 0) is 59.1 Å². The van der Waals surface area contributed by atoms with E-state index in [2.05, 4.69) is 6.07 Å². The van der Waals surface area contributed by atoms with Crippen LogP contribution < -0.4 is 0 Å². The number of ether oxygens (including phenoxy) is 1. The fourth-order valence-corrected chi connectivity index (χ4v) is 3.34. The highest BCUT2D eigenvalue weighted by molar-refractivity contribution is 5.79. The molecule has 6 heteroatoms. The van der Waals surface area contributed by atoms with Gasteiger partial charge in [-0.2, -0.15) is 5.26 Å².